The van der Waals surface area contributed by atoms with E-state index in [-0.39, 0.29) is 30.6 Å². The number of anilines is 1. The molecule has 0 atom stereocenters. The lowest BCUT2D eigenvalue weighted by Gasteiger charge is -2.36. The molecule has 0 bridgehead atoms. The van der Waals surface area contributed by atoms with E-state index in [9.17, 15) is 21.6 Å². The Morgan fingerprint density at radius 1 is 1.41 bits per heavy atom. The van der Waals surface area contributed by atoms with E-state index >= 15 is 0 Å². The second kappa shape index (κ2) is 6.71. The SMILES string of the molecule is COC1CN(S(=O)(=O)Nc2ccc(F)cc2OCC(F)F)C1. The quantitative estimate of drug-likeness (QED) is 0.816. The molecule has 2 rings (SSSR count). The molecule has 1 aliphatic rings. The number of nitrogens with one attached hydrogen (secondary N) is 1. The minimum atomic E-state index is -3.88. The first-order valence-corrected chi connectivity index (χ1v) is 7.77. The van der Waals surface area contributed by atoms with Crippen LogP contribution in [0.15, 0.2) is 18.2 Å². The topological polar surface area (TPSA) is 67.9 Å². The van der Waals surface area contributed by atoms with Crippen LogP contribution in [-0.2, 0) is 14.9 Å². The lowest BCUT2D eigenvalue weighted by Crippen LogP contribution is -2.55. The molecule has 10 heteroatoms. The number of hydrogen-bond acceptors (Lipinski definition) is 4. The van der Waals surface area contributed by atoms with E-state index in [1.807, 2.05) is 0 Å². The molecule has 1 N–H and O–H groups in total. The summed E-state index contributed by atoms with van der Waals surface area (Å²) in [4.78, 5) is 0. The Balaban J connectivity index is 2.11. The summed E-state index contributed by atoms with van der Waals surface area (Å²) in [5, 5.41) is 0. The summed E-state index contributed by atoms with van der Waals surface area (Å²) >= 11 is 0. The first-order chi connectivity index (χ1) is 10.3. The van der Waals surface area contributed by atoms with Gasteiger partial charge in [-0.25, -0.2) is 13.2 Å². The predicted molar refractivity (Wildman–Crippen MR) is 72.8 cm³/mol. The van der Waals surface area contributed by atoms with Crippen LogP contribution in [0.2, 0.25) is 0 Å². The van der Waals surface area contributed by atoms with Crippen LogP contribution in [0.5, 0.6) is 5.75 Å². The third-order valence-corrected chi connectivity index (χ3v) is 4.49. The van der Waals surface area contributed by atoms with Gasteiger partial charge in [-0.05, 0) is 12.1 Å². The first kappa shape index (κ1) is 16.8. The van der Waals surface area contributed by atoms with Gasteiger partial charge in [-0.2, -0.15) is 12.7 Å². The maximum absolute atomic E-state index is 13.2. The molecule has 1 aromatic rings. The molecule has 124 valence electrons. The number of alkyl halides is 2. The number of benzene rings is 1. The van der Waals surface area contributed by atoms with Crippen LogP contribution in [-0.4, -0.2) is 52.1 Å². The predicted octanol–water partition coefficient (Wildman–Crippen LogP) is 1.46. The third-order valence-electron chi connectivity index (χ3n) is 3.04. The standard InChI is InChI=1S/C12H15F3N2O4S/c1-20-9-5-17(6-9)22(18,19)16-10-3-2-8(13)4-11(10)21-7-12(14)15/h2-4,9,12,16H,5-7H2,1H3. The molecule has 0 radical (unpaired) electrons. The second-order valence-electron chi connectivity index (χ2n) is 4.62. The van der Waals surface area contributed by atoms with E-state index in [4.69, 9.17) is 9.47 Å². The summed E-state index contributed by atoms with van der Waals surface area (Å²) in [6.07, 6.45) is -2.94. The highest BCUT2D eigenvalue weighted by molar-refractivity contribution is 7.90. The highest BCUT2D eigenvalue weighted by Crippen LogP contribution is 2.28. The Bertz CT molecular complexity index is 621. The van der Waals surface area contributed by atoms with Crippen molar-refractivity contribution in [1.29, 1.82) is 0 Å². The number of halogens is 3. The van der Waals surface area contributed by atoms with Crippen LogP contribution in [0.4, 0.5) is 18.9 Å². The summed E-state index contributed by atoms with van der Waals surface area (Å²) in [5.41, 5.74) is -0.108. The van der Waals surface area contributed by atoms with Crippen LogP contribution in [0.25, 0.3) is 0 Å². The maximum Gasteiger partial charge on any atom is 0.301 e. The number of ether oxygens (including phenoxy) is 2. The van der Waals surface area contributed by atoms with E-state index < -0.39 is 29.1 Å². The van der Waals surface area contributed by atoms with Gasteiger partial charge >= 0.3 is 10.2 Å². The van der Waals surface area contributed by atoms with Gasteiger partial charge in [0, 0.05) is 26.3 Å². The largest absolute Gasteiger partial charge is 0.485 e. The number of hydrogen-bond donors (Lipinski definition) is 1. The van der Waals surface area contributed by atoms with Gasteiger partial charge in [-0.3, -0.25) is 4.72 Å². The van der Waals surface area contributed by atoms with Crippen molar-refractivity contribution in [3.05, 3.63) is 24.0 Å². The molecule has 1 aromatic carbocycles. The van der Waals surface area contributed by atoms with Crippen molar-refractivity contribution in [1.82, 2.24) is 4.31 Å². The third kappa shape index (κ3) is 4.02. The lowest BCUT2D eigenvalue weighted by atomic mass is 10.2. The minimum absolute atomic E-state index is 0.108. The van der Waals surface area contributed by atoms with Crippen molar-refractivity contribution in [2.45, 2.75) is 12.5 Å². The van der Waals surface area contributed by atoms with Gasteiger partial charge in [-0.15, -0.1) is 0 Å². The van der Waals surface area contributed by atoms with Crippen LogP contribution in [0.1, 0.15) is 0 Å². The molecule has 0 aromatic heterocycles. The molecule has 0 unspecified atom stereocenters. The Morgan fingerprint density at radius 2 is 2.09 bits per heavy atom. The molecule has 0 aliphatic carbocycles. The molecule has 22 heavy (non-hydrogen) atoms. The summed E-state index contributed by atoms with van der Waals surface area (Å²) in [7, 11) is -2.41. The van der Waals surface area contributed by atoms with Gasteiger partial charge in [0.1, 0.15) is 18.2 Å². The Morgan fingerprint density at radius 3 is 2.68 bits per heavy atom. The molecule has 1 heterocycles. The summed E-state index contributed by atoms with van der Waals surface area (Å²) in [5.74, 6) is -1.02. The number of methoxy groups -OCH3 is 1. The Kier molecular flexibility index (Phi) is 5.14. The molecule has 1 aliphatic heterocycles. The van der Waals surface area contributed by atoms with Gasteiger partial charge in [0.25, 0.3) is 6.43 Å². The molecule has 1 fully saturated rings. The van der Waals surface area contributed by atoms with Crippen molar-refractivity contribution in [2.24, 2.45) is 0 Å². The molecular weight excluding hydrogens is 325 g/mol. The number of nitrogens with zero attached hydrogens (tertiary/aromatic N) is 1. The van der Waals surface area contributed by atoms with Crippen molar-refractivity contribution >= 4 is 15.9 Å². The molecule has 0 spiro atoms. The van der Waals surface area contributed by atoms with E-state index in [1.54, 1.807) is 0 Å². The fourth-order valence-electron chi connectivity index (χ4n) is 1.80. The molecule has 6 nitrogen and oxygen atoms in total. The smallest absolute Gasteiger partial charge is 0.301 e. The number of rotatable bonds is 7. The van der Waals surface area contributed by atoms with Crippen molar-refractivity contribution in [2.75, 3.05) is 31.5 Å². The van der Waals surface area contributed by atoms with Crippen molar-refractivity contribution in [3.63, 3.8) is 0 Å². The molecule has 0 saturated carbocycles. The zero-order valence-corrected chi connectivity index (χ0v) is 12.4. The molecular formula is C12H15F3N2O4S. The van der Waals surface area contributed by atoms with Crippen LogP contribution >= 0.6 is 0 Å². The van der Waals surface area contributed by atoms with Gasteiger partial charge in [0.15, 0.2) is 0 Å². The van der Waals surface area contributed by atoms with Crippen LogP contribution in [0.3, 0.4) is 0 Å². The zero-order valence-electron chi connectivity index (χ0n) is 11.6. The minimum Gasteiger partial charge on any atom is -0.485 e. The highest BCUT2D eigenvalue weighted by atomic mass is 32.2. The second-order valence-corrected chi connectivity index (χ2v) is 6.30. The summed E-state index contributed by atoms with van der Waals surface area (Å²) in [6, 6.07) is 2.96. The van der Waals surface area contributed by atoms with E-state index in [1.165, 1.54) is 7.11 Å². The van der Waals surface area contributed by atoms with Crippen LogP contribution < -0.4 is 9.46 Å². The molecule has 1 saturated heterocycles. The highest BCUT2D eigenvalue weighted by Gasteiger charge is 2.36. The van der Waals surface area contributed by atoms with E-state index in [0.29, 0.717) is 0 Å². The first-order valence-electron chi connectivity index (χ1n) is 6.33. The molecule has 0 amide bonds. The van der Waals surface area contributed by atoms with Gasteiger partial charge in [-0.1, -0.05) is 0 Å². The van der Waals surface area contributed by atoms with Crippen molar-refractivity contribution < 1.29 is 31.1 Å². The van der Waals surface area contributed by atoms with E-state index in [2.05, 4.69) is 4.72 Å². The summed E-state index contributed by atoms with van der Waals surface area (Å²) in [6.45, 7) is -0.603. The lowest BCUT2D eigenvalue weighted by molar-refractivity contribution is 0.0128. The van der Waals surface area contributed by atoms with Gasteiger partial charge in [0.2, 0.25) is 0 Å². The van der Waals surface area contributed by atoms with Gasteiger partial charge in [0.05, 0.1) is 11.8 Å². The zero-order chi connectivity index (χ0) is 16.3. The Hall–Kier alpha value is -1.52. The average Bonchev–Trinajstić information content (AvgIpc) is 2.37. The Labute approximate surface area is 126 Å². The van der Waals surface area contributed by atoms with E-state index in [0.717, 1.165) is 22.5 Å². The summed E-state index contributed by atoms with van der Waals surface area (Å²) < 4.78 is 74.7. The average molecular weight is 340 g/mol. The maximum atomic E-state index is 13.2. The fourth-order valence-corrected chi connectivity index (χ4v) is 3.10. The normalized spacial score (nSPS) is 16.6. The van der Waals surface area contributed by atoms with Crippen LogP contribution in [0, 0.1) is 5.82 Å². The van der Waals surface area contributed by atoms with Crippen molar-refractivity contribution in [3.8, 4) is 5.75 Å². The monoisotopic (exact) mass is 340 g/mol. The van der Waals surface area contributed by atoms with Gasteiger partial charge < -0.3 is 9.47 Å². The fraction of sp³-hybridized carbons (Fsp3) is 0.500.